The van der Waals surface area contributed by atoms with E-state index in [2.05, 4.69) is 10.2 Å². The standard InChI is InChI=1S/C10H16N4O2S/c11-7-3-4-16-5-8(7)17-10-13-12-9(15)14(10)6-1-2-6/h6-8H,1-5,11H2,(H,12,15). The molecular formula is C10H16N4O2S. The summed E-state index contributed by atoms with van der Waals surface area (Å²) in [5.74, 6) is 0. The lowest BCUT2D eigenvalue weighted by Gasteiger charge is -2.27. The molecule has 2 fully saturated rings. The van der Waals surface area contributed by atoms with Crippen molar-refractivity contribution in [2.75, 3.05) is 13.2 Å². The fraction of sp³-hybridized carbons (Fsp3) is 0.800. The molecule has 2 heterocycles. The molecule has 0 bridgehead atoms. The molecule has 0 aromatic carbocycles. The Labute approximate surface area is 103 Å². The van der Waals surface area contributed by atoms with Gasteiger partial charge in [-0.3, -0.25) is 4.57 Å². The minimum absolute atomic E-state index is 0.111. The highest BCUT2D eigenvalue weighted by Crippen LogP contribution is 2.37. The van der Waals surface area contributed by atoms with Crippen molar-refractivity contribution in [3.63, 3.8) is 0 Å². The zero-order valence-electron chi connectivity index (χ0n) is 9.46. The summed E-state index contributed by atoms with van der Waals surface area (Å²) in [6.45, 7) is 1.37. The number of aromatic nitrogens is 3. The lowest BCUT2D eigenvalue weighted by molar-refractivity contribution is 0.0915. The molecular weight excluding hydrogens is 240 g/mol. The Hall–Kier alpha value is -0.790. The Morgan fingerprint density at radius 2 is 2.29 bits per heavy atom. The minimum atomic E-state index is -0.111. The Balaban J connectivity index is 1.77. The van der Waals surface area contributed by atoms with Gasteiger partial charge in [-0.05, 0) is 19.3 Å². The third-order valence-electron chi connectivity index (χ3n) is 3.20. The molecule has 2 atom stereocenters. The number of thioether (sulfide) groups is 1. The molecule has 1 aliphatic heterocycles. The normalized spacial score (nSPS) is 29.5. The number of nitrogens with one attached hydrogen (secondary N) is 1. The zero-order valence-corrected chi connectivity index (χ0v) is 10.3. The van der Waals surface area contributed by atoms with E-state index in [-0.39, 0.29) is 17.0 Å². The van der Waals surface area contributed by atoms with E-state index in [0.29, 0.717) is 12.6 Å². The van der Waals surface area contributed by atoms with Gasteiger partial charge in [0, 0.05) is 18.7 Å². The van der Waals surface area contributed by atoms with Gasteiger partial charge in [0.1, 0.15) is 0 Å². The van der Waals surface area contributed by atoms with Gasteiger partial charge in [-0.2, -0.15) is 0 Å². The largest absolute Gasteiger partial charge is 0.380 e. The fourth-order valence-corrected chi connectivity index (χ4v) is 3.20. The van der Waals surface area contributed by atoms with Gasteiger partial charge in [0.05, 0.1) is 11.9 Å². The molecule has 0 spiro atoms. The van der Waals surface area contributed by atoms with E-state index in [4.69, 9.17) is 10.5 Å². The Morgan fingerprint density at radius 1 is 1.47 bits per heavy atom. The maximum Gasteiger partial charge on any atom is 0.344 e. The summed E-state index contributed by atoms with van der Waals surface area (Å²) in [4.78, 5) is 11.6. The van der Waals surface area contributed by atoms with E-state index < -0.39 is 0 Å². The van der Waals surface area contributed by atoms with Gasteiger partial charge < -0.3 is 10.5 Å². The Morgan fingerprint density at radius 3 is 3.00 bits per heavy atom. The van der Waals surface area contributed by atoms with Crippen LogP contribution >= 0.6 is 11.8 Å². The number of nitrogens with two attached hydrogens (primary N) is 1. The fourth-order valence-electron chi connectivity index (χ4n) is 2.01. The van der Waals surface area contributed by atoms with E-state index in [1.54, 1.807) is 16.3 Å². The van der Waals surface area contributed by atoms with Gasteiger partial charge in [-0.1, -0.05) is 11.8 Å². The maximum atomic E-state index is 11.6. The summed E-state index contributed by atoms with van der Waals surface area (Å²) in [5.41, 5.74) is 5.94. The average molecular weight is 256 g/mol. The van der Waals surface area contributed by atoms with Crippen molar-refractivity contribution in [2.45, 2.75) is 41.8 Å². The van der Waals surface area contributed by atoms with Crippen molar-refractivity contribution < 1.29 is 4.74 Å². The van der Waals surface area contributed by atoms with Crippen LogP contribution in [0, 0.1) is 0 Å². The van der Waals surface area contributed by atoms with Crippen LogP contribution < -0.4 is 11.4 Å². The Kier molecular flexibility index (Phi) is 2.97. The van der Waals surface area contributed by atoms with Gasteiger partial charge in [0.15, 0.2) is 5.16 Å². The van der Waals surface area contributed by atoms with Crippen LogP contribution in [-0.2, 0) is 4.74 Å². The molecule has 2 aliphatic rings. The Bertz CT molecular complexity index is 453. The van der Waals surface area contributed by atoms with Gasteiger partial charge in [0.25, 0.3) is 0 Å². The summed E-state index contributed by atoms with van der Waals surface area (Å²) in [6, 6.07) is 0.456. The maximum absolute atomic E-state index is 11.6. The second-order valence-electron chi connectivity index (χ2n) is 4.60. The number of hydrogen-bond acceptors (Lipinski definition) is 5. The summed E-state index contributed by atoms with van der Waals surface area (Å²) in [7, 11) is 0. The first kappa shape index (κ1) is 11.3. The summed E-state index contributed by atoms with van der Waals surface area (Å²) < 4.78 is 7.18. The monoisotopic (exact) mass is 256 g/mol. The lowest BCUT2D eigenvalue weighted by Crippen LogP contribution is -2.41. The van der Waals surface area contributed by atoms with Gasteiger partial charge >= 0.3 is 5.69 Å². The molecule has 1 aliphatic carbocycles. The van der Waals surface area contributed by atoms with E-state index >= 15 is 0 Å². The second kappa shape index (κ2) is 4.47. The predicted octanol–water partition coefficient (Wildman–Crippen LogP) is 0.115. The quantitative estimate of drug-likeness (QED) is 0.802. The van der Waals surface area contributed by atoms with E-state index in [1.807, 2.05) is 0 Å². The number of rotatable bonds is 3. The second-order valence-corrected chi connectivity index (χ2v) is 5.80. The first-order valence-electron chi connectivity index (χ1n) is 5.92. The molecule has 0 amide bonds. The van der Waals surface area contributed by atoms with Crippen LogP contribution in [0.25, 0.3) is 0 Å². The van der Waals surface area contributed by atoms with Gasteiger partial charge in [-0.25, -0.2) is 9.89 Å². The molecule has 1 aromatic heterocycles. The van der Waals surface area contributed by atoms with Crippen LogP contribution in [0.15, 0.2) is 9.95 Å². The minimum Gasteiger partial charge on any atom is -0.380 e. The number of H-pyrrole nitrogens is 1. The number of ether oxygens (including phenoxy) is 1. The molecule has 1 saturated carbocycles. The molecule has 1 aromatic rings. The highest BCUT2D eigenvalue weighted by Gasteiger charge is 2.31. The van der Waals surface area contributed by atoms with Crippen molar-refractivity contribution in [1.82, 2.24) is 14.8 Å². The lowest BCUT2D eigenvalue weighted by atomic mass is 10.1. The van der Waals surface area contributed by atoms with Crippen LogP contribution in [0.3, 0.4) is 0 Å². The molecule has 3 rings (SSSR count). The summed E-state index contributed by atoms with van der Waals surface area (Å²) in [5, 5.41) is 7.55. The van der Waals surface area contributed by atoms with E-state index in [1.165, 1.54) is 0 Å². The SMILES string of the molecule is NC1CCOCC1Sc1n[nH]c(=O)n1C1CC1. The summed E-state index contributed by atoms with van der Waals surface area (Å²) >= 11 is 1.56. The van der Waals surface area contributed by atoms with Crippen molar-refractivity contribution in [3.8, 4) is 0 Å². The van der Waals surface area contributed by atoms with Crippen molar-refractivity contribution >= 4 is 11.8 Å². The first-order valence-corrected chi connectivity index (χ1v) is 6.80. The van der Waals surface area contributed by atoms with Crippen molar-refractivity contribution in [2.24, 2.45) is 5.73 Å². The molecule has 6 nitrogen and oxygen atoms in total. The van der Waals surface area contributed by atoms with Crippen LogP contribution in [0.1, 0.15) is 25.3 Å². The number of aromatic amines is 1. The summed E-state index contributed by atoms with van der Waals surface area (Å²) in [6.07, 6.45) is 3.01. The van der Waals surface area contributed by atoms with Gasteiger partial charge in [0.2, 0.25) is 0 Å². The van der Waals surface area contributed by atoms with Crippen LogP contribution in [0.4, 0.5) is 0 Å². The molecule has 0 radical (unpaired) electrons. The zero-order chi connectivity index (χ0) is 11.8. The van der Waals surface area contributed by atoms with Crippen molar-refractivity contribution in [1.29, 1.82) is 0 Å². The van der Waals surface area contributed by atoms with Crippen LogP contribution in [-0.4, -0.2) is 39.3 Å². The molecule has 17 heavy (non-hydrogen) atoms. The van der Waals surface area contributed by atoms with Gasteiger partial charge in [-0.15, -0.1) is 5.10 Å². The van der Waals surface area contributed by atoms with Crippen molar-refractivity contribution in [3.05, 3.63) is 10.5 Å². The predicted molar refractivity (Wildman–Crippen MR) is 64.2 cm³/mol. The molecule has 94 valence electrons. The highest BCUT2D eigenvalue weighted by molar-refractivity contribution is 7.99. The molecule has 7 heteroatoms. The van der Waals surface area contributed by atoms with E-state index in [0.717, 1.165) is 31.0 Å². The van der Waals surface area contributed by atoms with Crippen LogP contribution in [0.5, 0.6) is 0 Å². The molecule has 3 N–H and O–H groups in total. The number of nitrogens with zero attached hydrogens (tertiary/aromatic N) is 2. The van der Waals surface area contributed by atoms with E-state index in [9.17, 15) is 4.79 Å². The molecule has 1 saturated heterocycles. The average Bonchev–Trinajstić information content (AvgIpc) is 3.08. The third kappa shape index (κ3) is 2.27. The third-order valence-corrected chi connectivity index (χ3v) is 4.48. The molecule has 2 unspecified atom stereocenters. The first-order chi connectivity index (χ1) is 8.25. The number of hydrogen-bond donors (Lipinski definition) is 2. The topological polar surface area (TPSA) is 85.9 Å². The van der Waals surface area contributed by atoms with Crippen LogP contribution in [0.2, 0.25) is 0 Å². The smallest absolute Gasteiger partial charge is 0.344 e. The highest BCUT2D eigenvalue weighted by atomic mass is 32.2.